The van der Waals surface area contributed by atoms with Gasteiger partial charge in [-0.2, -0.15) is 0 Å². The van der Waals surface area contributed by atoms with Crippen molar-refractivity contribution in [2.75, 3.05) is 18.2 Å². The van der Waals surface area contributed by atoms with Crippen molar-refractivity contribution in [3.05, 3.63) is 58.1 Å². The van der Waals surface area contributed by atoms with Gasteiger partial charge >= 0.3 is 5.97 Å². The van der Waals surface area contributed by atoms with Crippen LogP contribution < -0.4 is 5.32 Å². The summed E-state index contributed by atoms with van der Waals surface area (Å²) in [5.74, 6) is -1.12. The summed E-state index contributed by atoms with van der Waals surface area (Å²) in [6, 6.07) is 11.8. The zero-order valence-corrected chi connectivity index (χ0v) is 15.6. The lowest BCUT2D eigenvalue weighted by Crippen LogP contribution is -2.21. The second-order valence-corrected chi connectivity index (χ2v) is 7.24. The van der Waals surface area contributed by atoms with Crippen molar-refractivity contribution in [3.63, 3.8) is 0 Å². The van der Waals surface area contributed by atoms with Crippen LogP contribution in [0.25, 0.3) is 0 Å². The predicted octanol–water partition coefficient (Wildman–Crippen LogP) is 3.29. The molecular weight excluding hydrogens is 394 g/mol. The summed E-state index contributed by atoms with van der Waals surface area (Å²) < 4.78 is 17.6. The first-order valence-electron chi connectivity index (χ1n) is 7.04. The molecule has 1 amide bonds. The third-order valence-corrected chi connectivity index (χ3v) is 5.06. The number of nitrogens with one attached hydrogen (secondary N) is 1. The molecule has 0 aliphatic carbocycles. The second-order valence-electron chi connectivity index (χ2n) is 5.04. The number of anilines is 1. The van der Waals surface area contributed by atoms with Crippen molar-refractivity contribution in [1.29, 1.82) is 0 Å². The Morgan fingerprint density at radius 3 is 2.58 bits per heavy atom. The van der Waals surface area contributed by atoms with Crippen molar-refractivity contribution >= 4 is 44.3 Å². The maximum Gasteiger partial charge on any atom is 0.339 e. The van der Waals surface area contributed by atoms with Crippen molar-refractivity contribution < 1.29 is 18.5 Å². The molecule has 5 nitrogen and oxygen atoms in total. The molecule has 0 heterocycles. The molecule has 1 atom stereocenters. The maximum atomic E-state index is 12.1. The van der Waals surface area contributed by atoms with E-state index in [9.17, 15) is 13.8 Å². The number of hydrogen-bond acceptors (Lipinski definition) is 4. The van der Waals surface area contributed by atoms with Gasteiger partial charge in [-0.3, -0.25) is 9.00 Å². The van der Waals surface area contributed by atoms with Crippen molar-refractivity contribution in [2.45, 2.75) is 11.8 Å². The third kappa shape index (κ3) is 4.75. The Bertz CT molecular complexity index is 807. The summed E-state index contributed by atoms with van der Waals surface area (Å²) in [6.07, 6.45) is 1.48. The lowest BCUT2D eigenvalue weighted by atomic mass is 10.2. The molecule has 24 heavy (non-hydrogen) atoms. The number of carbonyl (C=O) groups excluding carboxylic acids is 2. The Labute approximate surface area is 151 Å². The standard InChI is InChI=1S/C17H16BrNO4S/c1-11-9-12(7-8-14(11)18)19-16(20)10-23-17(21)13-5-3-4-6-15(13)24(2)22/h3-9H,10H2,1-2H3,(H,19,20)/t24-/m0/s1. The number of ether oxygens (including phenoxy) is 1. The van der Waals surface area contributed by atoms with Gasteiger partial charge in [0.1, 0.15) is 0 Å². The van der Waals surface area contributed by atoms with E-state index in [0.717, 1.165) is 10.0 Å². The molecule has 2 aromatic rings. The van der Waals surface area contributed by atoms with Crippen molar-refractivity contribution in [1.82, 2.24) is 0 Å². The molecule has 0 saturated carbocycles. The fourth-order valence-corrected chi connectivity index (χ4v) is 2.99. The van der Waals surface area contributed by atoms with E-state index in [-0.39, 0.29) is 5.56 Å². The summed E-state index contributed by atoms with van der Waals surface area (Å²) in [7, 11) is -1.32. The van der Waals surface area contributed by atoms with Crippen molar-refractivity contribution in [2.24, 2.45) is 0 Å². The zero-order valence-electron chi connectivity index (χ0n) is 13.2. The molecule has 0 spiro atoms. The SMILES string of the molecule is Cc1cc(NC(=O)COC(=O)c2ccccc2[S@](C)=O)ccc1Br. The minimum atomic E-state index is -1.32. The number of rotatable bonds is 5. The predicted molar refractivity (Wildman–Crippen MR) is 96.6 cm³/mol. The monoisotopic (exact) mass is 409 g/mol. The maximum absolute atomic E-state index is 12.1. The molecule has 126 valence electrons. The molecular formula is C17H16BrNO4S. The summed E-state index contributed by atoms with van der Waals surface area (Å²) in [4.78, 5) is 24.4. The highest BCUT2D eigenvalue weighted by atomic mass is 79.9. The number of carbonyl (C=O) groups is 2. The molecule has 0 radical (unpaired) electrons. The highest BCUT2D eigenvalue weighted by molar-refractivity contribution is 9.10. The molecule has 0 unspecified atom stereocenters. The lowest BCUT2D eigenvalue weighted by molar-refractivity contribution is -0.119. The summed E-state index contributed by atoms with van der Waals surface area (Å²) in [6.45, 7) is 1.49. The number of halogens is 1. The van der Waals surface area contributed by atoms with Crippen LogP contribution in [0.4, 0.5) is 5.69 Å². The average Bonchev–Trinajstić information content (AvgIpc) is 2.56. The first kappa shape index (κ1) is 18.4. The molecule has 0 fully saturated rings. The topological polar surface area (TPSA) is 72.5 Å². The normalized spacial score (nSPS) is 11.6. The molecule has 2 aromatic carbocycles. The first-order valence-corrected chi connectivity index (χ1v) is 9.39. The Kier molecular flexibility index (Phi) is 6.28. The quantitative estimate of drug-likeness (QED) is 0.768. The Morgan fingerprint density at radius 2 is 1.92 bits per heavy atom. The summed E-state index contributed by atoms with van der Waals surface area (Å²) in [5.41, 5.74) is 1.79. The van der Waals surface area contributed by atoms with Gasteiger partial charge in [-0.15, -0.1) is 0 Å². The van der Waals surface area contributed by atoms with Crippen LogP contribution in [0.2, 0.25) is 0 Å². The molecule has 0 aromatic heterocycles. The van der Waals surface area contributed by atoms with Crippen LogP contribution in [0.1, 0.15) is 15.9 Å². The van der Waals surface area contributed by atoms with Gasteiger partial charge < -0.3 is 10.1 Å². The minimum Gasteiger partial charge on any atom is -0.452 e. The van der Waals surface area contributed by atoms with E-state index in [4.69, 9.17) is 4.74 Å². The van der Waals surface area contributed by atoms with Crippen LogP contribution in [0.5, 0.6) is 0 Å². The van der Waals surface area contributed by atoms with Crippen molar-refractivity contribution in [3.8, 4) is 0 Å². The van der Waals surface area contributed by atoms with Gasteiger partial charge in [0.2, 0.25) is 0 Å². The number of hydrogen-bond donors (Lipinski definition) is 1. The number of aryl methyl sites for hydroxylation is 1. The van der Waals surface area contributed by atoms with E-state index in [1.165, 1.54) is 12.3 Å². The van der Waals surface area contributed by atoms with Gasteiger partial charge in [0.05, 0.1) is 21.3 Å². The highest BCUT2D eigenvalue weighted by Crippen LogP contribution is 2.20. The third-order valence-electron chi connectivity index (χ3n) is 3.19. The Morgan fingerprint density at radius 1 is 1.21 bits per heavy atom. The molecule has 0 saturated heterocycles. The Balaban J connectivity index is 1.97. The zero-order chi connectivity index (χ0) is 17.7. The fraction of sp³-hybridized carbons (Fsp3) is 0.176. The van der Waals surface area contributed by atoms with Crippen LogP contribution >= 0.6 is 15.9 Å². The summed E-state index contributed by atoms with van der Waals surface area (Å²) in [5, 5.41) is 2.66. The average molecular weight is 410 g/mol. The molecule has 0 aliphatic heterocycles. The first-order chi connectivity index (χ1) is 11.4. The van der Waals surface area contributed by atoms with Crippen LogP contribution in [-0.2, 0) is 20.3 Å². The lowest BCUT2D eigenvalue weighted by Gasteiger charge is -2.09. The second kappa shape index (κ2) is 8.21. The van der Waals surface area contributed by atoms with E-state index in [2.05, 4.69) is 21.2 Å². The van der Waals surface area contributed by atoms with Gasteiger partial charge in [0.25, 0.3) is 5.91 Å². The molecule has 2 rings (SSSR count). The van der Waals surface area contributed by atoms with E-state index >= 15 is 0 Å². The van der Waals surface area contributed by atoms with Gasteiger partial charge in [-0.25, -0.2) is 4.79 Å². The van der Waals surface area contributed by atoms with Gasteiger partial charge in [-0.05, 0) is 42.8 Å². The number of amides is 1. The number of benzene rings is 2. The highest BCUT2D eigenvalue weighted by Gasteiger charge is 2.16. The van der Waals surface area contributed by atoms with E-state index in [1.807, 2.05) is 13.0 Å². The molecule has 1 N–H and O–H groups in total. The van der Waals surface area contributed by atoms with Crippen LogP contribution in [-0.4, -0.2) is 28.9 Å². The van der Waals surface area contributed by atoms with Crippen LogP contribution in [0, 0.1) is 6.92 Å². The molecule has 0 bridgehead atoms. The smallest absolute Gasteiger partial charge is 0.339 e. The van der Waals surface area contributed by atoms with Gasteiger partial charge in [0.15, 0.2) is 6.61 Å². The minimum absolute atomic E-state index is 0.200. The van der Waals surface area contributed by atoms with Gasteiger partial charge in [-0.1, -0.05) is 28.1 Å². The summed E-state index contributed by atoms with van der Waals surface area (Å²) >= 11 is 3.38. The van der Waals surface area contributed by atoms with Crippen LogP contribution in [0.15, 0.2) is 51.8 Å². The Hall–Kier alpha value is -1.99. The fourth-order valence-electron chi connectivity index (χ4n) is 2.01. The van der Waals surface area contributed by atoms with Crippen LogP contribution in [0.3, 0.4) is 0 Å². The number of esters is 1. The van der Waals surface area contributed by atoms with E-state index in [0.29, 0.717) is 10.6 Å². The largest absolute Gasteiger partial charge is 0.452 e. The molecule has 7 heteroatoms. The molecule has 0 aliphatic rings. The van der Waals surface area contributed by atoms with E-state index < -0.39 is 29.3 Å². The van der Waals surface area contributed by atoms with Gasteiger partial charge in [0, 0.05) is 16.4 Å². The van der Waals surface area contributed by atoms with E-state index in [1.54, 1.807) is 30.3 Å².